The highest BCUT2D eigenvalue weighted by molar-refractivity contribution is 6.37. The number of halogens is 4. The normalized spacial score (nSPS) is 11.0. The molecule has 2 aromatic rings. The van der Waals surface area contributed by atoms with Gasteiger partial charge in [0.25, 0.3) is 5.69 Å². The van der Waals surface area contributed by atoms with Gasteiger partial charge in [0.15, 0.2) is 5.78 Å². The number of aliphatic carboxylic acids is 1. The maximum atomic E-state index is 12.7. The molecule has 29 heavy (non-hydrogen) atoms. The third-order valence-electron chi connectivity index (χ3n) is 3.51. The minimum Gasteiger partial charge on any atom is -0.475 e. The number of carboxylic acids is 1. The maximum Gasteiger partial charge on any atom is 0.416 e. The molecule has 0 atom stereocenters. The van der Waals surface area contributed by atoms with E-state index >= 15 is 0 Å². The van der Waals surface area contributed by atoms with Gasteiger partial charge in [-0.05, 0) is 30.3 Å². The third-order valence-corrected chi connectivity index (χ3v) is 3.81. The number of carboxylic acid groups (broad SMARTS) is 1. The number of Topliss-reactive ketones (excluding diaryl/α,β-unsaturated/α-hetero) is 2. The number of hydrogen-bond acceptors (Lipinski definition) is 6. The Morgan fingerprint density at radius 3 is 2.31 bits per heavy atom. The molecule has 0 fully saturated rings. The van der Waals surface area contributed by atoms with Crippen molar-refractivity contribution in [1.29, 1.82) is 0 Å². The van der Waals surface area contributed by atoms with Crippen LogP contribution in [0.1, 0.15) is 22.3 Å². The van der Waals surface area contributed by atoms with Gasteiger partial charge in [0.2, 0.25) is 5.78 Å². The van der Waals surface area contributed by atoms with E-state index in [-0.39, 0.29) is 11.5 Å². The average Bonchev–Trinajstić information content (AvgIpc) is 2.62. The summed E-state index contributed by atoms with van der Waals surface area (Å²) in [6.07, 6.45) is -5.76. The van der Waals surface area contributed by atoms with Crippen molar-refractivity contribution in [2.75, 3.05) is 0 Å². The summed E-state index contributed by atoms with van der Waals surface area (Å²) in [7, 11) is 0. The van der Waals surface area contributed by atoms with Crippen LogP contribution in [0.5, 0.6) is 11.5 Å². The van der Waals surface area contributed by atoms with Crippen LogP contribution in [0.3, 0.4) is 0 Å². The van der Waals surface area contributed by atoms with Gasteiger partial charge in [-0.15, -0.1) is 0 Å². The summed E-state index contributed by atoms with van der Waals surface area (Å²) in [6, 6.07) is 5.02. The molecular weight excluding hydrogens is 423 g/mol. The molecule has 0 aromatic heterocycles. The van der Waals surface area contributed by atoms with Gasteiger partial charge >= 0.3 is 12.1 Å². The zero-order valence-electron chi connectivity index (χ0n) is 14.0. The number of rotatable bonds is 7. The van der Waals surface area contributed by atoms with Gasteiger partial charge in [-0.3, -0.25) is 19.7 Å². The standard InChI is InChI=1S/C17H9ClF3NO7/c18-11-5-8(17(19,20)21)1-4-15(11)29-9-2-3-12(22(27)28)10(6-9)13(23)7-14(24)16(25)26/h1-6H,7H2,(H,25,26). The lowest BCUT2D eigenvalue weighted by atomic mass is 10.0. The van der Waals surface area contributed by atoms with E-state index in [4.69, 9.17) is 21.4 Å². The van der Waals surface area contributed by atoms with Crippen LogP contribution in [0.15, 0.2) is 36.4 Å². The van der Waals surface area contributed by atoms with E-state index in [1.165, 1.54) is 0 Å². The first-order valence-electron chi connectivity index (χ1n) is 7.52. The summed E-state index contributed by atoms with van der Waals surface area (Å²) in [5.41, 5.74) is -2.34. The average molecular weight is 432 g/mol. The highest BCUT2D eigenvalue weighted by Crippen LogP contribution is 2.37. The SMILES string of the molecule is O=C(O)C(=O)CC(=O)c1cc(Oc2ccc(C(F)(F)F)cc2Cl)ccc1[N+](=O)[O-]. The van der Waals surface area contributed by atoms with Crippen LogP contribution in [0, 0.1) is 10.1 Å². The quantitative estimate of drug-likeness (QED) is 0.228. The molecule has 0 bridgehead atoms. The Hall–Kier alpha value is -3.47. The number of alkyl halides is 3. The van der Waals surface area contributed by atoms with Crippen LogP contribution in [-0.2, 0) is 15.8 Å². The van der Waals surface area contributed by atoms with Crippen LogP contribution >= 0.6 is 11.6 Å². The highest BCUT2D eigenvalue weighted by atomic mass is 35.5. The summed E-state index contributed by atoms with van der Waals surface area (Å²) in [5.74, 6) is -4.93. The van der Waals surface area contributed by atoms with Gasteiger partial charge in [0.05, 0.1) is 27.5 Å². The van der Waals surface area contributed by atoms with Crippen LogP contribution in [-0.4, -0.2) is 27.6 Å². The Labute approximate surface area is 164 Å². The molecule has 12 heteroatoms. The fourth-order valence-electron chi connectivity index (χ4n) is 2.16. The van der Waals surface area contributed by atoms with Crippen LogP contribution in [0.25, 0.3) is 0 Å². The molecule has 0 saturated carbocycles. The fourth-order valence-corrected chi connectivity index (χ4v) is 2.38. The number of ether oxygens (including phenoxy) is 1. The molecule has 152 valence electrons. The number of nitrogens with zero attached hydrogens (tertiary/aromatic N) is 1. The van der Waals surface area contributed by atoms with Gasteiger partial charge in [-0.25, -0.2) is 4.79 Å². The Morgan fingerprint density at radius 2 is 1.79 bits per heavy atom. The van der Waals surface area contributed by atoms with Crippen molar-refractivity contribution in [3.05, 3.63) is 62.7 Å². The van der Waals surface area contributed by atoms with Gasteiger partial charge in [-0.1, -0.05) is 11.6 Å². The summed E-state index contributed by atoms with van der Waals surface area (Å²) in [6.45, 7) is 0. The van der Waals surface area contributed by atoms with Crippen molar-refractivity contribution < 1.29 is 42.3 Å². The molecule has 0 amide bonds. The monoisotopic (exact) mass is 431 g/mol. The molecular formula is C17H9ClF3NO7. The highest BCUT2D eigenvalue weighted by Gasteiger charge is 2.31. The summed E-state index contributed by atoms with van der Waals surface area (Å²) in [4.78, 5) is 44.1. The summed E-state index contributed by atoms with van der Waals surface area (Å²) >= 11 is 5.76. The molecule has 0 aliphatic rings. The predicted molar refractivity (Wildman–Crippen MR) is 91.2 cm³/mol. The topological polar surface area (TPSA) is 124 Å². The number of ketones is 2. The molecule has 2 aromatic carbocycles. The van der Waals surface area contributed by atoms with Crippen molar-refractivity contribution >= 4 is 34.8 Å². The van der Waals surface area contributed by atoms with Gasteiger partial charge in [0.1, 0.15) is 11.5 Å². The van der Waals surface area contributed by atoms with E-state index in [1.807, 2.05) is 0 Å². The molecule has 0 radical (unpaired) electrons. The Bertz CT molecular complexity index is 1020. The largest absolute Gasteiger partial charge is 0.475 e. The van der Waals surface area contributed by atoms with Crippen molar-refractivity contribution in [2.45, 2.75) is 12.6 Å². The van der Waals surface area contributed by atoms with Gasteiger partial charge in [0, 0.05) is 6.07 Å². The zero-order chi connectivity index (χ0) is 21.9. The number of benzene rings is 2. The van der Waals surface area contributed by atoms with E-state index in [0.29, 0.717) is 12.1 Å². The van der Waals surface area contributed by atoms with Crippen molar-refractivity contribution in [3.63, 3.8) is 0 Å². The molecule has 1 N–H and O–H groups in total. The smallest absolute Gasteiger partial charge is 0.416 e. The second-order valence-electron chi connectivity index (χ2n) is 5.51. The van der Waals surface area contributed by atoms with Crippen molar-refractivity contribution in [3.8, 4) is 11.5 Å². The minimum absolute atomic E-state index is 0.205. The summed E-state index contributed by atoms with van der Waals surface area (Å²) in [5, 5.41) is 19.2. The first kappa shape index (κ1) is 21.8. The van der Waals surface area contributed by atoms with Crippen LogP contribution < -0.4 is 4.74 Å². The second kappa shape index (κ2) is 8.27. The first-order chi connectivity index (χ1) is 13.4. The maximum absolute atomic E-state index is 12.7. The predicted octanol–water partition coefficient (Wildman–Crippen LogP) is 4.29. The molecule has 0 aliphatic heterocycles. The van der Waals surface area contributed by atoms with Gasteiger partial charge in [-0.2, -0.15) is 13.2 Å². The zero-order valence-corrected chi connectivity index (χ0v) is 14.8. The molecule has 0 spiro atoms. The van der Waals surface area contributed by atoms with E-state index in [0.717, 1.165) is 24.3 Å². The summed E-state index contributed by atoms with van der Waals surface area (Å²) < 4.78 is 43.3. The van der Waals surface area contributed by atoms with Crippen molar-refractivity contribution in [1.82, 2.24) is 0 Å². The Morgan fingerprint density at radius 1 is 1.14 bits per heavy atom. The van der Waals surface area contributed by atoms with E-state index in [1.54, 1.807) is 0 Å². The van der Waals surface area contributed by atoms with E-state index in [9.17, 15) is 37.7 Å². The van der Waals surface area contributed by atoms with E-state index < -0.39 is 56.9 Å². The lowest BCUT2D eigenvalue weighted by Crippen LogP contribution is -2.17. The third kappa shape index (κ3) is 5.29. The number of nitro benzene ring substituents is 1. The number of hydrogen-bond donors (Lipinski definition) is 1. The fraction of sp³-hybridized carbons (Fsp3) is 0.118. The molecule has 2 rings (SSSR count). The molecule has 8 nitrogen and oxygen atoms in total. The number of carbonyl (C=O) groups is 3. The van der Waals surface area contributed by atoms with E-state index in [2.05, 4.69) is 0 Å². The number of nitro groups is 1. The Balaban J connectivity index is 2.38. The second-order valence-corrected chi connectivity index (χ2v) is 5.92. The van der Waals surface area contributed by atoms with Crippen LogP contribution in [0.2, 0.25) is 5.02 Å². The number of carbonyl (C=O) groups excluding carboxylic acids is 2. The molecule has 0 aliphatic carbocycles. The lowest BCUT2D eigenvalue weighted by Gasteiger charge is -2.12. The molecule has 0 saturated heterocycles. The lowest BCUT2D eigenvalue weighted by molar-refractivity contribution is -0.385. The van der Waals surface area contributed by atoms with Gasteiger partial charge < -0.3 is 9.84 Å². The minimum atomic E-state index is -4.63. The first-order valence-corrected chi connectivity index (χ1v) is 7.90. The van der Waals surface area contributed by atoms with Crippen molar-refractivity contribution in [2.24, 2.45) is 0 Å². The van der Waals surface area contributed by atoms with Crippen LogP contribution in [0.4, 0.5) is 18.9 Å². The molecule has 0 heterocycles. The molecule has 0 unspecified atom stereocenters. The Kier molecular flexibility index (Phi) is 6.22.